The standard InChI is InChI=1S/C20H18ClN3O/c1-13-6-5-9-18(14(13)2)24-19-11-10-15(12-22-19)23-20(25)16-7-3-4-8-17(16)21/h3-12H,1-2H3,(H,22,24)(H,23,25). The van der Waals surface area contributed by atoms with Gasteiger partial charge in [0.1, 0.15) is 5.82 Å². The summed E-state index contributed by atoms with van der Waals surface area (Å²) < 4.78 is 0. The molecule has 0 radical (unpaired) electrons. The summed E-state index contributed by atoms with van der Waals surface area (Å²) in [5.74, 6) is 0.451. The molecule has 4 nitrogen and oxygen atoms in total. The zero-order chi connectivity index (χ0) is 17.8. The molecule has 0 bridgehead atoms. The largest absolute Gasteiger partial charge is 0.340 e. The van der Waals surface area contributed by atoms with Crippen molar-refractivity contribution in [3.63, 3.8) is 0 Å². The molecule has 3 rings (SSSR count). The Morgan fingerprint density at radius 1 is 1.00 bits per heavy atom. The third kappa shape index (κ3) is 3.98. The van der Waals surface area contributed by atoms with Crippen molar-refractivity contribution in [2.24, 2.45) is 0 Å². The van der Waals surface area contributed by atoms with Gasteiger partial charge in [0, 0.05) is 5.69 Å². The van der Waals surface area contributed by atoms with Crippen LogP contribution in [0.3, 0.4) is 0 Å². The summed E-state index contributed by atoms with van der Waals surface area (Å²) in [6, 6.07) is 16.6. The molecule has 0 unspecified atom stereocenters. The second kappa shape index (κ2) is 7.36. The van der Waals surface area contributed by atoms with E-state index in [0.29, 0.717) is 22.1 Å². The van der Waals surface area contributed by atoms with Crippen LogP contribution in [0, 0.1) is 13.8 Å². The Balaban J connectivity index is 1.71. The molecule has 1 aromatic heterocycles. The van der Waals surface area contributed by atoms with Crippen LogP contribution in [0.1, 0.15) is 21.5 Å². The molecule has 0 saturated heterocycles. The molecular formula is C20H18ClN3O. The fourth-order valence-electron chi connectivity index (χ4n) is 2.41. The number of hydrogen-bond donors (Lipinski definition) is 2. The molecule has 0 aliphatic rings. The predicted molar refractivity (Wildman–Crippen MR) is 103 cm³/mol. The van der Waals surface area contributed by atoms with Crippen LogP contribution in [0.4, 0.5) is 17.2 Å². The lowest BCUT2D eigenvalue weighted by molar-refractivity contribution is 0.102. The van der Waals surface area contributed by atoms with E-state index in [0.717, 1.165) is 5.69 Å². The molecule has 0 saturated carbocycles. The van der Waals surface area contributed by atoms with Crippen molar-refractivity contribution < 1.29 is 4.79 Å². The molecule has 1 amide bonds. The molecular weight excluding hydrogens is 334 g/mol. The number of aromatic nitrogens is 1. The summed E-state index contributed by atoms with van der Waals surface area (Å²) in [6.45, 7) is 4.14. The van der Waals surface area contributed by atoms with Crippen molar-refractivity contribution in [2.75, 3.05) is 10.6 Å². The summed E-state index contributed by atoms with van der Waals surface area (Å²) in [6.07, 6.45) is 1.61. The Morgan fingerprint density at radius 3 is 2.52 bits per heavy atom. The summed E-state index contributed by atoms with van der Waals surface area (Å²) in [7, 11) is 0. The highest BCUT2D eigenvalue weighted by Crippen LogP contribution is 2.23. The Labute approximate surface area is 151 Å². The van der Waals surface area contributed by atoms with E-state index in [1.165, 1.54) is 11.1 Å². The fraction of sp³-hybridized carbons (Fsp3) is 0.100. The Kier molecular flexibility index (Phi) is 5.00. The van der Waals surface area contributed by atoms with Gasteiger partial charge in [0.05, 0.1) is 22.5 Å². The number of hydrogen-bond acceptors (Lipinski definition) is 3. The lowest BCUT2D eigenvalue weighted by Gasteiger charge is -2.11. The first kappa shape index (κ1) is 17.0. The van der Waals surface area contributed by atoms with Crippen molar-refractivity contribution in [3.8, 4) is 0 Å². The third-order valence-electron chi connectivity index (χ3n) is 4.01. The van der Waals surface area contributed by atoms with Crippen molar-refractivity contribution >= 4 is 34.7 Å². The molecule has 0 aliphatic carbocycles. The van der Waals surface area contributed by atoms with E-state index in [1.54, 1.807) is 36.5 Å². The molecule has 5 heteroatoms. The molecule has 0 aliphatic heterocycles. The van der Waals surface area contributed by atoms with Crippen molar-refractivity contribution in [1.29, 1.82) is 0 Å². The molecule has 2 N–H and O–H groups in total. The van der Waals surface area contributed by atoms with Crippen LogP contribution in [0.15, 0.2) is 60.8 Å². The number of aryl methyl sites for hydroxylation is 1. The molecule has 0 fully saturated rings. The van der Waals surface area contributed by atoms with Gasteiger partial charge in [-0.2, -0.15) is 0 Å². The van der Waals surface area contributed by atoms with E-state index in [9.17, 15) is 4.79 Å². The first-order valence-corrected chi connectivity index (χ1v) is 8.27. The maximum Gasteiger partial charge on any atom is 0.257 e. The van der Waals surface area contributed by atoms with Gasteiger partial charge in [-0.1, -0.05) is 35.9 Å². The van der Waals surface area contributed by atoms with E-state index in [1.807, 2.05) is 18.2 Å². The Morgan fingerprint density at radius 2 is 1.80 bits per heavy atom. The average Bonchev–Trinajstić information content (AvgIpc) is 2.61. The number of rotatable bonds is 4. The number of nitrogens with zero attached hydrogens (tertiary/aromatic N) is 1. The average molecular weight is 352 g/mol. The molecule has 3 aromatic rings. The predicted octanol–water partition coefficient (Wildman–Crippen LogP) is 5.35. The highest BCUT2D eigenvalue weighted by Gasteiger charge is 2.10. The SMILES string of the molecule is Cc1cccc(Nc2ccc(NC(=O)c3ccccc3Cl)cn2)c1C. The molecule has 1 heterocycles. The highest BCUT2D eigenvalue weighted by molar-refractivity contribution is 6.34. The fourth-order valence-corrected chi connectivity index (χ4v) is 2.63. The number of anilines is 3. The van der Waals surface area contributed by atoms with Gasteiger partial charge in [-0.15, -0.1) is 0 Å². The molecule has 2 aromatic carbocycles. The number of carbonyl (C=O) groups is 1. The van der Waals surface area contributed by atoms with Crippen LogP contribution >= 0.6 is 11.6 Å². The smallest absolute Gasteiger partial charge is 0.257 e. The number of benzene rings is 2. The van der Waals surface area contributed by atoms with Crippen LogP contribution in [-0.2, 0) is 0 Å². The molecule has 126 valence electrons. The highest BCUT2D eigenvalue weighted by atomic mass is 35.5. The van der Waals surface area contributed by atoms with E-state index < -0.39 is 0 Å². The third-order valence-corrected chi connectivity index (χ3v) is 4.34. The van der Waals surface area contributed by atoms with E-state index >= 15 is 0 Å². The first-order chi connectivity index (χ1) is 12.0. The minimum absolute atomic E-state index is 0.261. The van der Waals surface area contributed by atoms with Gasteiger partial charge in [0.15, 0.2) is 0 Å². The maximum absolute atomic E-state index is 12.3. The minimum Gasteiger partial charge on any atom is -0.340 e. The Bertz CT molecular complexity index is 907. The normalized spacial score (nSPS) is 10.4. The van der Waals surface area contributed by atoms with Gasteiger partial charge in [-0.25, -0.2) is 4.98 Å². The van der Waals surface area contributed by atoms with Crippen LogP contribution < -0.4 is 10.6 Å². The topological polar surface area (TPSA) is 54.0 Å². The lowest BCUT2D eigenvalue weighted by atomic mass is 10.1. The zero-order valence-electron chi connectivity index (χ0n) is 14.0. The van der Waals surface area contributed by atoms with Crippen molar-refractivity contribution in [3.05, 3.63) is 82.5 Å². The van der Waals surface area contributed by atoms with Crippen LogP contribution in [-0.4, -0.2) is 10.9 Å². The van der Waals surface area contributed by atoms with Crippen molar-refractivity contribution in [2.45, 2.75) is 13.8 Å². The quantitative estimate of drug-likeness (QED) is 0.666. The van der Waals surface area contributed by atoms with Crippen LogP contribution in [0.5, 0.6) is 0 Å². The Hall–Kier alpha value is -2.85. The van der Waals surface area contributed by atoms with E-state index in [-0.39, 0.29) is 5.91 Å². The number of nitrogens with one attached hydrogen (secondary N) is 2. The monoisotopic (exact) mass is 351 g/mol. The second-order valence-corrected chi connectivity index (χ2v) is 6.15. The van der Waals surface area contributed by atoms with Crippen LogP contribution in [0.25, 0.3) is 0 Å². The zero-order valence-corrected chi connectivity index (χ0v) is 14.8. The van der Waals surface area contributed by atoms with Gasteiger partial charge in [0.25, 0.3) is 5.91 Å². The maximum atomic E-state index is 12.3. The summed E-state index contributed by atoms with van der Waals surface area (Å²) in [5, 5.41) is 6.50. The van der Waals surface area contributed by atoms with E-state index in [2.05, 4.69) is 35.5 Å². The lowest BCUT2D eigenvalue weighted by Crippen LogP contribution is -2.12. The number of amides is 1. The van der Waals surface area contributed by atoms with Gasteiger partial charge in [0.2, 0.25) is 0 Å². The number of carbonyl (C=O) groups excluding carboxylic acids is 1. The minimum atomic E-state index is -0.261. The number of pyridine rings is 1. The van der Waals surface area contributed by atoms with E-state index in [4.69, 9.17) is 11.6 Å². The number of halogens is 1. The van der Waals surface area contributed by atoms with Gasteiger partial charge >= 0.3 is 0 Å². The van der Waals surface area contributed by atoms with Crippen molar-refractivity contribution in [1.82, 2.24) is 4.98 Å². The van der Waals surface area contributed by atoms with Crippen LogP contribution in [0.2, 0.25) is 5.02 Å². The molecule has 0 spiro atoms. The van der Waals surface area contributed by atoms with Gasteiger partial charge in [-0.3, -0.25) is 4.79 Å². The molecule has 25 heavy (non-hydrogen) atoms. The van der Waals surface area contributed by atoms with Gasteiger partial charge < -0.3 is 10.6 Å². The summed E-state index contributed by atoms with van der Waals surface area (Å²) in [5.41, 5.74) is 4.45. The molecule has 0 atom stereocenters. The first-order valence-electron chi connectivity index (χ1n) is 7.90. The summed E-state index contributed by atoms with van der Waals surface area (Å²) >= 11 is 6.04. The van der Waals surface area contributed by atoms with Gasteiger partial charge in [-0.05, 0) is 55.3 Å². The summed E-state index contributed by atoms with van der Waals surface area (Å²) in [4.78, 5) is 16.6. The second-order valence-electron chi connectivity index (χ2n) is 5.74.